The normalized spacial score (nSPS) is 11.8. The summed E-state index contributed by atoms with van der Waals surface area (Å²) in [6, 6.07) is 16.5. The Morgan fingerprint density at radius 3 is 2.17 bits per heavy atom. The molecule has 0 aromatic heterocycles. The number of fused-ring (bicyclic) bond motifs is 1. The largest absolute Gasteiger partial charge is 0.324 e. The van der Waals surface area contributed by atoms with E-state index in [1.165, 1.54) is 7.05 Å². The third kappa shape index (κ3) is 4.74. The van der Waals surface area contributed by atoms with Crippen LogP contribution in [0, 0.1) is 0 Å². The maximum Gasteiger partial charge on any atom is 0.243 e. The Hall–Kier alpha value is -2.22. The van der Waals surface area contributed by atoms with Gasteiger partial charge in [0.1, 0.15) is 0 Å². The van der Waals surface area contributed by atoms with E-state index in [9.17, 15) is 13.2 Å². The van der Waals surface area contributed by atoms with Gasteiger partial charge in [-0.3, -0.25) is 4.79 Å². The van der Waals surface area contributed by atoms with Crippen LogP contribution in [0.1, 0.15) is 25.0 Å². The first-order chi connectivity index (χ1) is 14.3. The number of nitrogens with one attached hydrogen (secondary N) is 1. The van der Waals surface area contributed by atoms with Crippen molar-refractivity contribution in [1.29, 1.82) is 0 Å². The van der Waals surface area contributed by atoms with Gasteiger partial charge in [0.05, 0.1) is 11.4 Å². The molecule has 0 radical (unpaired) electrons. The zero-order valence-electron chi connectivity index (χ0n) is 17.3. The number of nitrogens with zero attached hydrogens (tertiary/aromatic N) is 1. The molecule has 0 saturated heterocycles. The van der Waals surface area contributed by atoms with Crippen molar-refractivity contribution in [3.8, 4) is 0 Å². The maximum absolute atomic E-state index is 13.0. The van der Waals surface area contributed by atoms with Crippen LogP contribution < -0.4 is 5.32 Å². The molecular weight excluding hydrogens is 464 g/mol. The van der Waals surface area contributed by atoms with Crippen molar-refractivity contribution in [2.75, 3.05) is 18.9 Å². The zero-order chi connectivity index (χ0) is 21.9. The van der Waals surface area contributed by atoms with Crippen molar-refractivity contribution in [3.63, 3.8) is 0 Å². The van der Waals surface area contributed by atoms with Gasteiger partial charge < -0.3 is 5.32 Å². The van der Waals surface area contributed by atoms with E-state index in [0.29, 0.717) is 0 Å². The van der Waals surface area contributed by atoms with Crippen molar-refractivity contribution >= 4 is 48.3 Å². The van der Waals surface area contributed by atoms with E-state index in [1.807, 2.05) is 50.2 Å². The average molecular weight is 489 g/mol. The number of likely N-dealkylation sites (N-methyl/N-ethyl adjacent to an activating group) is 1. The van der Waals surface area contributed by atoms with Gasteiger partial charge in [-0.1, -0.05) is 60.1 Å². The number of carbonyl (C=O) groups excluding carboxylic acids is 1. The highest BCUT2D eigenvalue weighted by atomic mass is 79.9. The number of carbonyl (C=O) groups is 1. The highest BCUT2D eigenvalue weighted by Crippen LogP contribution is 2.28. The highest BCUT2D eigenvalue weighted by molar-refractivity contribution is 9.10. The lowest BCUT2D eigenvalue weighted by atomic mass is 10.0. The lowest BCUT2D eigenvalue weighted by molar-refractivity contribution is -0.116. The molecule has 158 valence electrons. The van der Waals surface area contributed by atoms with Gasteiger partial charge >= 0.3 is 0 Å². The predicted octanol–water partition coefficient (Wildman–Crippen LogP) is 4.99. The number of hydrogen-bond acceptors (Lipinski definition) is 3. The summed E-state index contributed by atoms with van der Waals surface area (Å²) in [7, 11) is -2.37. The minimum atomic E-state index is -3.79. The first kappa shape index (κ1) is 22.5. The Morgan fingerprint density at radius 1 is 0.967 bits per heavy atom. The fraction of sp³-hybridized carbons (Fsp3) is 0.261. The minimum Gasteiger partial charge on any atom is -0.324 e. The molecule has 0 aliphatic heterocycles. The zero-order valence-corrected chi connectivity index (χ0v) is 19.7. The van der Waals surface area contributed by atoms with Crippen LogP contribution in [0.3, 0.4) is 0 Å². The maximum atomic E-state index is 13.0. The molecule has 0 unspecified atom stereocenters. The van der Waals surface area contributed by atoms with E-state index in [0.717, 1.165) is 49.2 Å². The van der Waals surface area contributed by atoms with E-state index in [1.54, 1.807) is 18.2 Å². The molecule has 1 N–H and O–H groups in total. The summed E-state index contributed by atoms with van der Waals surface area (Å²) in [4.78, 5) is 12.9. The second-order valence-corrected chi connectivity index (χ2v) is 10.1. The molecule has 5 nitrogen and oxygen atoms in total. The molecule has 0 spiro atoms. The van der Waals surface area contributed by atoms with Crippen LogP contribution in [0.15, 0.2) is 64.0 Å². The third-order valence-electron chi connectivity index (χ3n) is 5.09. The number of anilines is 1. The Balaban J connectivity index is 1.81. The van der Waals surface area contributed by atoms with Gasteiger partial charge in [-0.05, 0) is 59.0 Å². The quantitative estimate of drug-likeness (QED) is 0.509. The van der Waals surface area contributed by atoms with Crippen LogP contribution >= 0.6 is 15.9 Å². The second-order valence-electron chi connectivity index (χ2n) is 7.12. The molecule has 3 aromatic carbocycles. The average Bonchev–Trinajstić information content (AvgIpc) is 2.73. The predicted molar refractivity (Wildman–Crippen MR) is 125 cm³/mol. The summed E-state index contributed by atoms with van der Waals surface area (Å²) in [6.45, 7) is 3.78. The standard InChI is InChI=1S/C23H25BrN2O3S/c1-4-16-12-20(24)13-17(5-2)23(16)25-22(27)15-26(3)30(28,29)21-11-10-18-8-6-7-9-19(18)14-21/h6-14H,4-5,15H2,1-3H3,(H,25,27). The number of benzene rings is 3. The Labute approximate surface area is 186 Å². The van der Waals surface area contributed by atoms with E-state index in [4.69, 9.17) is 0 Å². The topological polar surface area (TPSA) is 66.5 Å². The van der Waals surface area contributed by atoms with Gasteiger partial charge in [-0.2, -0.15) is 4.31 Å². The summed E-state index contributed by atoms with van der Waals surface area (Å²) in [6.07, 6.45) is 1.51. The van der Waals surface area contributed by atoms with Crippen LogP contribution in [-0.2, 0) is 27.7 Å². The summed E-state index contributed by atoms with van der Waals surface area (Å²) in [5.74, 6) is -0.367. The summed E-state index contributed by atoms with van der Waals surface area (Å²) >= 11 is 3.50. The van der Waals surface area contributed by atoms with E-state index in [-0.39, 0.29) is 17.3 Å². The lowest BCUT2D eigenvalue weighted by Gasteiger charge is -2.19. The first-order valence-electron chi connectivity index (χ1n) is 9.82. The van der Waals surface area contributed by atoms with Gasteiger partial charge in [-0.15, -0.1) is 0 Å². The SMILES string of the molecule is CCc1cc(Br)cc(CC)c1NC(=O)CN(C)S(=O)(=O)c1ccc2ccccc2c1. The number of halogens is 1. The molecule has 3 aromatic rings. The number of hydrogen-bond donors (Lipinski definition) is 1. The molecule has 0 aliphatic rings. The first-order valence-corrected chi connectivity index (χ1v) is 12.1. The molecule has 3 rings (SSSR count). The monoisotopic (exact) mass is 488 g/mol. The molecule has 0 fully saturated rings. The lowest BCUT2D eigenvalue weighted by Crippen LogP contribution is -2.35. The number of aryl methyl sites for hydroxylation is 2. The van der Waals surface area contributed by atoms with Crippen molar-refractivity contribution < 1.29 is 13.2 Å². The van der Waals surface area contributed by atoms with Crippen LogP contribution in [0.5, 0.6) is 0 Å². The molecule has 0 bridgehead atoms. The number of rotatable bonds is 7. The second kappa shape index (κ2) is 9.29. The Kier molecular flexibility index (Phi) is 6.95. The number of sulfonamides is 1. The van der Waals surface area contributed by atoms with Crippen LogP contribution in [-0.4, -0.2) is 32.2 Å². The summed E-state index contributed by atoms with van der Waals surface area (Å²) in [5.41, 5.74) is 2.79. The van der Waals surface area contributed by atoms with E-state index < -0.39 is 10.0 Å². The van der Waals surface area contributed by atoms with Crippen molar-refractivity contribution in [2.24, 2.45) is 0 Å². The molecule has 0 atom stereocenters. The number of amides is 1. The molecule has 1 amide bonds. The van der Waals surface area contributed by atoms with Crippen LogP contribution in [0.25, 0.3) is 10.8 Å². The third-order valence-corrected chi connectivity index (χ3v) is 7.35. The van der Waals surface area contributed by atoms with Gasteiger partial charge in [-0.25, -0.2) is 8.42 Å². The molecule has 30 heavy (non-hydrogen) atoms. The smallest absolute Gasteiger partial charge is 0.243 e. The Bertz CT molecular complexity index is 1170. The van der Waals surface area contributed by atoms with Gasteiger partial charge in [0.2, 0.25) is 15.9 Å². The van der Waals surface area contributed by atoms with Crippen LogP contribution in [0.4, 0.5) is 5.69 Å². The van der Waals surface area contributed by atoms with Crippen molar-refractivity contribution in [1.82, 2.24) is 4.31 Å². The van der Waals surface area contributed by atoms with E-state index >= 15 is 0 Å². The molecule has 0 saturated carbocycles. The fourth-order valence-electron chi connectivity index (χ4n) is 3.42. The minimum absolute atomic E-state index is 0.170. The van der Waals surface area contributed by atoms with Gasteiger partial charge in [0.15, 0.2) is 0 Å². The van der Waals surface area contributed by atoms with Crippen molar-refractivity contribution in [3.05, 3.63) is 70.2 Å². The Morgan fingerprint density at radius 2 is 1.57 bits per heavy atom. The summed E-state index contributed by atoms with van der Waals surface area (Å²) < 4.78 is 28.0. The molecule has 0 heterocycles. The van der Waals surface area contributed by atoms with Crippen LogP contribution in [0.2, 0.25) is 0 Å². The highest BCUT2D eigenvalue weighted by Gasteiger charge is 2.24. The summed E-state index contributed by atoms with van der Waals surface area (Å²) in [5, 5.41) is 4.73. The van der Waals surface area contributed by atoms with Crippen molar-refractivity contribution in [2.45, 2.75) is 31.6 Å². The van der Waals surface area contributed by atoms with Gasteiger partial charge in [0, 0.05) is 17.2 Å². The molecule has 7 heteroatoms. The molecule has 0 aliphatic carbocycles. The fourth-order valence-corrected chi connectivity index (χ4v) is 5.13. The molecular formula is C23H25BrN2O3S. The van der Waals surface area contributed by atoms with E-state index in [2.05, 4.69) is 21.2 Å². The van der Waals surface area contributed by atoms with Gasteiger partial charge in [0.25, 0.3) is 0 Å².